The van der Waals surface area contributed by atoms with Gasteiger partial charge in [-0.25, -0.2) is 4.98 Å². The van der Waals surface area contributed by atoms with E-state index in [2.05, 4.69) is 20.6 Å². The second-order valence-electron chi connectivity index (χ2n) is 3.78. The minimum absolute atomic E-state index is 0.106. The first-order chi connectivity index (χ1) is 8.69. The van der Waals surface area contributed by atoms with Gasteiger partial charge in [0.2, 0.25) is 0 Å². The second-order valence-corrected chi connectivity index (χ2v) is 4.75. The van der Waals surface area contributed by atoms with E-state index in [1.807, 2.05) is 6.92 Å². The topological polar surface area (TPSA) is 66.9 Å². The van der Waals surface area contributed by atoms with Crippen molar-refractivity contribution >= 4 is 23.1 Å². The van der Waals surface area contributed by atoms with Crippen LogP contribution in [0.3, 0.4) is 0 Å². The van der Waals surface area contributed by atoms with E-state index in [1.165, 1.54) is 11.3 Å². The Bertz CT molecular complexity index is 539. The number of pyridine rings is 1. The fourth-order valence-electron chi connectivity index (χ4n) is 1.53. The number of thiazole rings is 1. The molecule has 94 valence electrons. The van der Waals surface area contributed by atoms with Crippen molar-refractivity contribution in [2.45, 2.75) is 13.5 Å². The molecule has 0 aliphatic carbocycles. The van der Waals surface area contributed by atoms with Crippen LogP contribution in [0.15, 0.2) is 23.8 Å². The van der Waals surface area contributed by atoms with Gasteiger partial charge in [0, 0.05) is 29.4 Å². The number of hydrogen-bond donors (Lipinski definition) is 2. The van der Waals surface area contributed by atoms with Crippen LogP contribution >= 0.6 is 11.3 Å². The molecule has 18 heavy (non-hydrogen) atoms. The third kappa shape index (κ3) is 3.04. The molecule has 0 bridgehead atoms. The molecule has 2 aromatic heterocycles. The first-order valence-electron chi connectivity index (χ1n) is 5.51. The van der Waals surface area contributed by atoms with Gasteiger partial charge in [-0.05, 0) is 19.1 Å². The van der Waals surface area contributed by atoms with Gasteiger partial charge in [-0.2, -0.15) is 0 Å². The van der Waals surface area contributed by atoms with Crippen molar-refractivity contribution in [2.24, 2.45) is 0 Å². The van der Waals surface area contributed by atoms with Gasteiger partial charge in [-0.1, -0.05) is 0 Å². The highest BCUT2D eigenvalue weighted by molar-refractivity contribution is 7.09. The van der Waals surface area contributed by atoms with E-state index in [4.69, 9.17) is 0 Å². The van der Waals surface area contributed by atoms with Crippen LogP contribution in [0.1, 0.15) is 20.9 Å². The number of amides is 1. The lowest BCUT2D eigenvalue weighted by atomic mass is 10.2. The van der Waals surface area contributed by atoms with Crippen molar-refractivity contribution < 1.29 is 4.79 Å². The van der Waals surface area contributed by atoms with Crippen LogP contribution in [0.25, 0.3) is 0 Å². The van der Waals surface area contributed by atoms with Crippen molar-refractivity contribution in [2.75, 3.05) is 12.4 Å². The summed E-state index contributed by atoms with van der Waals surface area (Å²) in [4.78, 5) is 21.2. The third-order valence-electron chi connectivity index (χ3n) is 2.38. The Hall–Kier alpha value is -1.95. The molecule has 6 heteroatoms. The zero-order chi connectivity index (χ0) is 13.0. The predicted molar refractivity (Wildman–Crippen MR) is 71.8 cm³/mol. The highest BCUT2D eigenvalue weighted by Crippen LogP contribution is 2.10. The number of hydrogen-bond acceptors (Lipinski definition) is 5. The summed E-state index contributed by atoms with van der Waals surface area (Å²) in [5.41, 5.74) is 3.16. The number of nitrogens with zero attached hydrogens (tertiary/aromatic N) is 2. The number of aromatic nitrogens is 2. The number of aryl methyl sites for hydroxylation is 1. The van der Waals surface area contributed by atoms with E-state index in [-0.39, 0.29) is 5.91 Å². The molecule has 0 aliphatic rings. The molecule has 0 spiro atoms. The van der Waals surface area contributed by atoms with Crippen LogP contribution in [0.4, 0.5) is 5.82 Å². The Morgan fingerprint density at radius 3 is 2.94 bits per heavy atom. The molecule has 0 unspecified atom stereocenters. The van der Waals surface area contributed by atoms with Crippen molar-refractivity contribution in [3.8, 4) is 0 Å². The molecule has 2 rings (SSSR count). The Labute approximate surface area is 109 Å². The van der Waals surface area contributed by atoms with Gasteiger partial charge < -0.3 is 10.6 Å². The fraction of sp³-hybridized carbons (Fsp3) is 0.250. The highest BCUT2D eigenvalue weighted by atomic mass is 32.1. The third-order valence-corrected chi connectivity index (χ3v) is 3.16. The summed E-state index contributed by atoms with van der Waals surface area (Å²) in [6.07, 6.45) is 1.75. The maximum absolute atomic E-state index is 12.0. The van der Waals surface area contributed by atoms with Gasteiger partial charge in [0.25, 0.3) is 5.91 Å². The lowest BCUT2D eigenvalue weighted by Crippen LogP contribution is -2.22. The molecule has 0 aromatic carbocycles. The summed E-state index contributed by atoms with van der Waals surface area (Å²) < 4.78 is 0. The molecule has 0 fully saturated rings. The summed E-state index contributed by atoms with van der Waals surface area (Å²) >= 11 is 1.52. The molecule has 0 saturated heterocycles. The Morgan fingerprint density at radius 2 is 2.28 bits per heavy atom. The number of carbonyl (C=O) groups is 1. The first kappa shape index (κ1) is 12.5. The quantitative estimate of drug-likeness (QED) is 0.882. The molecule has 0 radical (unpaired) electrons. The van der Waals surface area contributed by atoms with Crippen molar-refractivity contribution in [1.29, 1.82) is 0 Å². The molecule has 1 amide bonds. The molecule has 2 N–H and O–H groups in total. The van der Waals surface area contributed by atoms with Crippen LogP contribution in [0.5, 0.6) is 0 Å². The summed E-state index contributed by atoms with van der Waals surface area (Å²) in [6.45, 7) is 2.36. The van der Waals surface area contributed by atoms with Crippen LogP contribution < -0.4 is 10.6 Å². The van der Waals surface area contributed by atoms with E-state index < -0.39 is 0 Å². The monoisotopic (exact) mass is 262 g/mol. The minimum atomic E-state index is -0.106. The smallest absolute Gasteiger partial charge is 0.251 e. The van der Waals surface area contributed by atoms with Crippen molar-refractivity contribution in [3.63, 3.8) is 0 Å². The zero-order valence-electron chi connectivity index (χ0n) is 10.2. The largest absolute Gasteiger partial charge is 0.373 e. The van der Waals surface area contributed by atoms with Crippen LogP contribution in [0, 0.1) is 6.92 Å². The fourth-order valence-corrected chi connectivity index (χ4v) is 2.06. The summed E-state index contributed by atoms with van der Waals surface area (Å²) in [5.74, 6) is 0.586. The maximum Gasteiger partial charge on any atom is 0.251 e. The van der Waals surface area contributed by atoms with Crippen LogP contribution in [-0.2, 0) is 6.54 Å². The van der Waals surface area contributed by atoms with Crippen molar-refractivity contribution in [1.82, 2.24) is 15.3 Å². The van der Waals surface area contributed by atoms with Gasteiger partial charge >= 0.3 is 0 Å². The summed E-state index contributed by atoms with van der Waals surface area (Å²) in [7, 11) is 1.78. The second kappa shape index (κ2) is 5.59. The number of rotatable bonds is 4. The average molecular weight is 262 g/mol. The average Bonchev–Trinajstić information content (AvgIpc) is 2.88. The van der Waals surface area contributed by atoms with Gasteiger partial charge in [-0.15, -0.1) is 11.3 Å². The molecular formula is C12H14N4OS. The standard InChI is InChI=1S/C12H14N4OS/c1-8-3-9(4-11(13-2)16-8)12(17)15-6-10-5-14-7-18-10/h3-5,7H,6H2,1-2H3,(H,13,16)(H,15,17). The molecule has 0 atom stereocenters. The van der Waals surface area contributed by atoms with Gasteiger partial charge in [0.05, 0.1) is 12.1 Å². The van der Waals surface area contributed by atoms with E-state index in [9.17, 15) is 4.79 Å². The normalized spacial score (nSPS) is 10.1. The lowest BCUT2D eigenvalue weighted by molar-refractivity contribution is 0.0951. The highest BCUT2D eigenvalue weighted by Gasteiger charge is 2.08. The Morgan fingerprint density at radius 1 is 1.44 bits per heavy atom. The van der Waals surface area contributed by atoms with Crippen molar-refractivity contribution in [3.05, 3.63) is 40.0 Å². The van der Waals surface area contributed by atoms with E-state index in [0.29, 0.717) is 17.9 Å². The van der Waals surface area contributed by atoms with Gasteiger partial charge in [0.15, 0.2) is 0 Å². The van der Waals surface area contributed by atoms with Gasteiger partial charge in [0.1, 0.15) is 5.82 Å². The van der Waals surface area contributed by atoms with Gasteiger partial charge in [-0.3, -0.25) is 9.78 Å². The van der Waals surface area contributed by atoms with E-state index >= 15 is 0 Å². The molecule has 5 nitrogen and oxygen atoms in total. The Kier molecular flexibility index (Phi) is 3.88. The maximum atomic E-state index is 12.0. The number of nitrogens with one attached hydrogen (secondary N) is 2. The molecule has 0 aliphatic heterocycles. The lowest BCUT2D eigenvalue weighted by Gasteiger charge is -2.07. The zero-order valence-corrected chi connectivity index (χ0v) is 11.0. The summed E-state index contributed by atoms with van der Waals surface area (Å²) in [5, 5.41) is 5.79. The molecule has 2 aromatic rings. The Balaban J connectivity index is 2.06. The first-order valence-corrected chi connectivity index (χ1v) is 6.39. The van der Waals surface area contributed by atoms with E-state index in [0.717, 1.165) is 10.6 Å². The number of carbonyl (C=O) groups excluding carboxylic acids is 1. The minimum Gasteiger partial charge on any atom is -0.373 e. The summed E-state index contributed by atoms with van der Waals surface area (Å²) in [6, 6.07) is 3.50. The molecule has 2 heterocycles. The molecule has 0 saturated carbocycles. The van der Waals surface area contributed by atoms with E-state index in [1.54, 1.807) is 30.9 Å². The van der Waals surface area contributed by atoms with Crippen LogP contribution in [-0.4, -0.2) is 22.9 Å². The van der Waals surface area contributed by atoms with Crippen LogP contribution in [0.2, 0.25) is 0 Å². The number of anilines is 1. The SMILES string of the molecule is CNc1cc(C(=O)NCc2cncs2)cc(C)n1. The predicted octanol–water partition coefficient (Wildman–Crippen LogP) is 1.82. The molecular weight excluding hydrogens is 248 g/mol.